The normalized spacial score (nSPS) is 18.3. The van der Waals surface area contributed by atoms with E-state index in [1.165, 1.54) is 4.90 Å². The maximum atomic E-state index is 13.2. The fourth-order valence-electron chi connectivity index (χ4n) is 3.85. The summed E-state index contributed by atoms with van der Waals surface area (Å²) >= 11 is 6.07. The Kier molecular flexibility index (Phi) is 4.43. The lowest BCUT2D eigenvalue weighted by molar-refractivity contribution is -0.138. The van der Waals surface area contributed by atoms with Crippen LogP contribution in [-0.4, -0.2) is 60.3 Å². The molecular weight excluding hydrogens is 409 g/mol. The Labute approximate surface area is 177 Å². The number of aliphatic imine (C=N–C) groups is 1. The molecular formula is C20H19ClFN7O. The van der Waals surface area contributed by atoms with E-state index in [0.717, 1.165) is 11.3 Å². The Hall–Kier alpha value is -3.07. The van der Waals surface area contributed by atoms with Crippen LogP contribution < -0.4 is 0 Å². The van der Waals surface area contributed by atoms with Gasteiger partial charge in [0.25, 0.3) is 0 Å². The molecule has 0 bridgehead atoms. The third-order valence-corrected chi connectivity index (χ3v) is 5.63. The third-order valence-electron chi connectivity index (χ3n) is 5.38. The molecule has 1 atom stereocenters. The van der Waals surface area contributed by atoms with Crippen LogP contribution >= 0.6 is 11.6 Å². The summed E-state index contributed by atoms with van der Waals surface area (Å²) in [6.07, 6.45) is 1.02. The van der Waals surface area contributed by atoms with E-state index in [1.807, 2.05) is 36.9 Å². The number of hydrogen-bond donors (Lipinski definition) is 0. The molecule has 1 unspecified atom stereocenters. The molecule has 3 aromatic rings. The van der Waals surface area contributed by atoms with Crippen molar-refractivity contribution in [1.82, 2.24) is 29.4 Å². The lowest BCUT2D eigenvalue weighted by Gasteiger charge is -2.34. The van der Waals surface area contributed by atoms with Crippen LogP contribution in [0.15, 0.2) is 35.5 Å². The zero-order valence-electron chi connectivity index (χ0n) is 16.5. The number of aromatic nitrogens is 5. The lowest BCUT2D eigenvalue weighted by Crippen LogP contribution is -2.51. The monoisotopic (exact) mass is 427 g/mol. The van der Waals surface area contributed by atoms with Crippen molar-refractivity contribution >= 4 is 23.2 Å². The smallest absolute Gasteiger partial charge is 0.225 e. The van der Waals surface area contributed by atoms with Crippen LogP contribution in [0, 0.1) is 6.92 Å². The largest absolute Gasteiger partial charge is 0.337 e. The van der Waals surface area contributed by atoms with Crippen molar-refractivity contribution in [2.75, 3.05) is 13.1 Å². The minimum Gasteiger partial charge on any atom is -0.337 e. The number of amides is 1. The van der Waals surface area contributed by atoms with Gasteiger partial charge in [-0.25, -0.2) is 4.39 Å². The SMILES string of the molecule is Cc1nnc2n1-c1cn(C)nc1C(c1ccc(Cl)cc1)=NC2CC(=O)N1CC(F)C1. The topological polar surface area (TPSA) is 81.2 Å². The van der Waals surface area contributed by atoms with Gasteiger partial charge in [-0.15, -0.1) is 10.2 Å². The van der Waals surface area contributed by atoms with Crippen molar-refractivity contribution in [3.63, 3.8) is 0 Å². The summed E-state index contributed by atoms with van der Waals surface area (Å²) in [6, 6.07) is 6.77. The molecule has 2 aliphatic rings. The number of halogens is 2. The van der Waals surface area contributed by atoms with Crippen LogP contribution in [0.4, 0.5) is 4.39 Å². The van der Waals surface area contributed by atoms with E-state index in [0.29, 0.717) is 28.1 Å². The van der Waals surface area contributed by atoms with Gasteiger partial charge < -0.3 is 4.90 Å². The van der Waals surface area contributed by atoms with Gasteiger partial charge in [-0.05, 0) is 19.1 Å². The molecule has 4 heterocycles. The molecule has 30 heavy (non-hydrogen) atoms. The number of fused-ring (bicyclic) bond motifs is 3. The van der Waals surface area contributed by atoms with Crippen LogP contribution in [0.1, 0.15) is 35.4 Å². The summed E-state index contributed by atoms with van der Waals surface area (Å²) in [5.41, 5.74) is 2.95. The van der Waals surface area contributed by atoms with Gasteiger partial charge in [0.15, 0.2) is 5.82 Å². The molecule has 2 aliphatic heterocycles. The highest BCUT2D eigenvalue weighted by Gasteiger charge is 2.35. The summed E-state index contributed by atoms with van der Waals surface area (Å²) in [5.74, 6) is 1.09. The molecule has 0 spiro atoms. The number of benzene rings is 1. The molecule has 8 nitrogen and oxygen atoms in total. The summed E-state index contributed by atoms with van der Waals surface area (Å²) in [4.78, 5) is 19.1. The molecule has 10 heteroatoms. The molecule has 0 aliphatic carbocycles. The number of hydrogen-bond acceptors (Lipinski definition) is 5. The Morgan fingerprint density at radius 3 is 2.67 bits per heavy atom. The summed E-state index contributed by atoms with van der Waals surface area (Å²) in [5, 5.41) is 13.8. The van der Waals surface area contributed by atoms with Crippen molar-refractivity contribution in [1.29, 1.82) is 0 Å². The Balaban J connectivity index is 1.64. The molecule has 0 radical (unpaired) electrons. The molecule has 1 aromatic carbocycles. The maximum Gasteiger partial charge on any atom is 0.225 e. The second kappa shape index (κ2) is 7.02. The Morgan fingerprint density at radius 1 is 1.23 bits per heavy atom. The van der Waals surface area contributed by atoms with Crippen LogP contribution in [0.3, 0.4) is 0 Å². The second-order valence-electron chi connectivity index (χ2n) is 7.58. The average molecular weight is 428 g/mol. The molecule has 1 saturated heterocycles. The number of carbonyl (C=O) groups is 1. The van der Waals surface area contributed by atoms with Gasteiger partial charge in [-0.1, -0.05) is 23.7 Å². The van der Waals surface area contributed by atoms with E-state index in [4.69, 9.17) is 16.6 Å². The van der Waals surface area contributed by atoms with Crippen LogP contribution in [-0.2, 0) is 11.8 Å². The van der Waals surface area contributed by atoms with E-state index in [9.17, 15) is 9.18 Å². The molecule has 1 fully saturated rings. The number of nitrogens with zero attached hydrogens (tertiary/aromatic N) is 7. The molecule has 0 saturated carbocycles. The van der Waals surface area contributed by atoms with Gasteiger partial charge in [0, 0.05) is 23.8 Å². The van der Waals surface area contributed by atoms with E-state index in [2.05, 4.69) is 15.3 Å². The number of rotatable bonds is 3. The van der Waals surface area contributed by atoms with Crippen molar-refractivity contribution in [3.8, 4) is 5.69 Å². The average Bonchev–Trinajstić information content (AvgIpc) is 3.22. The van der Waals surface area contributed by atoms with Gasteiger partial charge >= 0.3 is 0 Å². The zero-order chi connectivity index (χ0) is 21.0. The van der Waals surface area contributed by atoms with Crippen molar-refractivity contribution < 1.29 is 9.18 Å². The second-order valence-corrected chi connectivity index (χ2v) is 8.01. The minimum atomic E-state index is -0.948. The van der Waals surface area contributed by atoms with E-state index >= 15 is 0 Å². The van der Waals surface area contributed by atoms with E-state index < -0.39 is 12.2 Å². The van der Waals surface area contributed by atoms with Gasteiger partial charge in [-0.3, -0.25) is 19.0 Å². The maximum absolute atomic E-state index is 13.2. The van der Waals surface area contributed by atoms with Crippen molar-refractivity contribution in [3.05, 3.63) is 58.4 Å². The van der Waals surface area contributed by atoms with Crippen LogP contribution in [0.25, 0.3) is 5.69 Å². The molecule has 1 amide bonds. The van der Waals surface area contributed by atoms with Crippen molar-refractivity contribution in [2.24, 2.45) is 12.0 Å². The highest BCUT2D eigenvalue weighted by atomic mass is 35.5. The highest BCUT2D eigenvalue weighted by molar-refractivity contribution is 6.30. The predicted molar refractivity (Wildman–Crippen MR) is 109 cm³/mol. The standard InChI is InChI=1S/C20H19ClFN7O/c1-11-24-25-20-15(7-17(30)28-8-14(22)9-28)23-18(12-3-5-13(21)6-4-12)19-16(29(11)20)10-27(2)26-19/h3-6,10,14-15H,7-9H2,1-2H3. The number of carbonyl (C=O) groups excluding carboxylic acids is 1. The number of aryl methyl sites for hydroxylation is 2. The van der Waals surface area contributed by atoms with Gasteiger partial charge in [0.1, 0.15) is 23.7 Å². The first-order valence-electron chi connectivity index (χ1n) is 9.62. The Bertz CT molecular complexity index is 1160. The van der Waals surface area contributed by atoms with Crippen LogP contribution in [0.2, 0.25) is 5.02 Å². The van der Waals surface area contributed by atoms with Crippen LogP contribution in [0.5, 0.6) is 0 Å². The molecule has 2 aromatic heterocycles. The fraction of sp³-hybridized carbons (Fsp3) is 0.350. The fourth-order valence-corrected chi connectivity index (χ4v) is 3.98. The first kappa shape index (κ1) is 18.9. The summed E-state index contributed by atoms with van der Waals surface area (Å²) in [7, 11) is 1.84. The first-order valence-corrected chi connectivity index (χ1v) is 10.0. The third kappa shape index (κ3) is 3.09. The Morgan fingerprint density at radius 2 is 1.97 bits per heavy atom. The van der Waals surface area contributed by atoms with Gasteiger partial charge in [0.05, 0.1) is 30.9 Å². The summed E-state index contributed by atoms with van der Waals surface area (Å²) in [6.45, 7) is 2.12. The van der Waals surface area contributed by atoms with Gasteiger partial charge in [0.2, 0.25) is 5.91 Å². The lowest BCUT2D eigenvalue weighted by atomic mass is 10.1. The predicted octanol–water partition coefficient (Wildman–Crippen LogP) is 2.43. The minimum absolute atomic E-state index is 0.0817. The number of likely N-dealkylation sites (tertiary alicyclic amines) is 1. The summed E-state index contributed by atoms with van der Waals surface area (Å²) < 4.78 is 16.8. The quantitative estimate of drug-likeness (QED) is 0.643. The van der Waals surface area contributed by atoms with E-state index in [1.54, 1.807) is 16.8 Å². The zero-order valence-corrected chi connectivity index (χ0v) is 17.2. The van der Waals surface area contributed by atoms with Crippen molar-refractivity contribution in [2.45, 2.75) is 25.6 Å². The molecule has 0 N–H and O–H groups in total. The van der Waals surface area contributed by atoms with E-state index in [-0.39, 0.29) is 25.4 Å². The first-order chi connectivity index (χ1) is 14.4. The number of alkyl halides is 1. The highest BCUT2D eigenvalue weighted by Crippen LogP contribution is 2.33. The molecule has 154 valence electrons. The van der Waals surface area contributed by atoms with Gasteiger partial charge in [-0.2, -0.15) is 5.10 Å². The molecule has 5 rings (SSSR count).